The van der Waals surface area contributed by atoms with Crippen molar-refractivity contribution in [1.29, 1.82) is 0 Å². The molecule has 4 nitrogen and oxygen atoms in total. The van der Waals surface area contributed by atoms with Crippen LogP contribution in [0.1, 0.15) is 133 Å². The van der Waals surface area contributed by atoms with E-state index in [2.05, 4.69) is 20.8 Å². The number of rotatable bonds is 14. The van der Waals surface area contributed by atoms with Crippen LogP contribution < -0.4 is 0 Å². The van der Waals surface area contributed by atoms with Gasteiger partial charge in [0.25, 0.3) is 0 Å². The second kappa shape index (κ2) is 13.7. The van der Waals surface area contributed by atoms with Crippen molar-refractivity contribution in [3.8, 4) is 0 Å². The van der Waals surface area contributed by atoms with Crippen molar-refractivity contribution in [2.75, 3.05) is 0 Å². The Bertz CT molecular complexity index is 592. The van der Waals surface area contributed by atoms with E-state index >= 15 is 0 Å². The van der Waals surface area contributed by atoms with Crippen LogP contribution in [0.5, 0.6) is 0 Å². The van der Waals surface area contributed by atoms with Crippen LogP contribution in [0.2, 0.25) is 0 Å². The molecule has 1 aliphatic carbocycles. The van der Waals surface area contributed by atoms with Crippen LogP contribution in [-0.4, -0.2) is 23.1 Å². The third-order valence-corrected chi connectivity index (χ3v) is 7.81. The molecule has 0 bridgehead atoms. The molecule has 4 unspecified atom stereocenters. The molecule has 0 amide bonds. The number of hydrogen-bond donors (Lipinski definition) is 0. The maximum Gasteiger partial charge on any atom is 0.310 e. The van der Waals surface area contributed by atoms with E-state index in [-0.39, 0.29) is 17.9 Å². The van der Waals surface area contributed by atoms with Gasteiger partial charge in [-0.2, -0.15) is 0 Å². The van der Waals surface area contributed by atoms with E-state index in [1.165, 1.54) is 32.1 Å². The van der Waals surface area contributed by atoms with Gasteiger partial charge in [0.1, 0.15) is 11.2 Å². The van der Waals surface area contributed by atoms with Gasteiger partial charge >= 0.3 is 11.9 Å². The zero-order valence-electron chi connectivity index (χ0n) is 23.3. The molecular weight excluding hydrogens is 412 g/mol. The minimum absolute atomic E-state index is 0.218. The molecule has 0 heterocycles. The predicted molar refractivity (Wildman–Crippen MR) is 137 cm³/mol. The molecule has 0 aliphatic heterocycles. The molecule has 194 valence electrons. The topological polar surface area (TPSA) is 52.6 Å². The molecule has 4 heteroatoms. The second-order valence-electron chi connectivity index (χ2n) is 12.3. The zero-order chi connectivity index (χ0) is 25.2. The largest absolute Gasteiger partial charge is 0.459 e. The summed E-state index contributed by atoms with van der Waals surface area (Å²) in [5.41, 5.74) is -1.01. The molecule has 0 N–H and O–H groups in total. The highest BCUT2D eigenvalue weighted by Gasteiger charge is 2.43. The Morgan fingerprint density at radius 1 is 0.788 bits per heavy atom. The average molecular weight is 467 g/mol. The fourth-order valence-corrected chi connectivity index (χ4v) is 4.68. The van der Waals surface area contributed by atoms with Crippen LogP contribution in [0.25, 0.3) is 0 Å². The minimum Gasteiger partial charge on any atom is -0.459 e. The summed E-state index contributed by atoms with van der Waals surface area (Å²) in [6, 6.07) is 0. The average Bonchev–Trinajstić information content (AvgIpc) is 2.72. The van der Waals surface area contributed by atoms with Crippen molar-refractivity contribution in [1.82, 2.24) is 0 Å². The molecule has 1 saturated carbocycles. The lowest BCUT2D eigenvalue weighted by Crippen LogP contribution is -2.42. The maximum absolute atomic E-state index is 13.2. The minimum atomic E-state index is -0.507. The summed E-state index contributed by atoms with van der Waals surface area (Å²) in [6.07, 6.45) is 11.5. The smallest absolute Gasteiger partial charge is 0.310 e. The van der Waals surface area contributed by atoms with E-state index in [4.69, 9.17) is 9.47 Å². The summed E-state index contributed by atoms with van der Waals surface area (Å²) < 4.78 is 11.7. The Balaban J connectivity index is 2.73. The first-order valence-electron chi connectivity index (χ1n) is 13.8. The van der Waals surface area contributed by atoms with Crippen LogP contribution in [0.3, 0.4) is 0 Å². The highest BCUT2D eigenvalue weighted by Crippen LogP contribution is 2.39. The van der Waals surface area contributed by atoms with E-state index in [1.807, 2.05) is 41.5 Å². The summed E-state index contributed by atoms with van der Waals surface area (Å²) in [5, 5.41) is 0. The summed E-state index contributed by atoms with van der Waals surface area (Å²) >= 11 is 0. The van der Waals surface area contributed by atoms with Crippen LogP contribution in [0, 0.1) is 29.6 Å². The Morgan fingerprint density at radius 2 is 1.30 bits per heavy atom. The SMILES string of the molecule is CCC(C)(C)OC(=O)C1CCC(CCCC(C)CCCC(C)C)CC1C(=O)OC(C)(C)CC. The molecule has 33 heavy (non-hydrogen) atoms. The lowest BCUT2D eigenvalue weighted by atomic mass is 9.72. The first kappa shape index (κ1) is 30.0. The summed E-state index contributed by atoms with van der Waals surface area (Å²) in [6.45, 7) is 18.8. The van der Waals surface area contributed by atoms with Crippen molar-refractivity contribution in [3.63, 3.8) is 0 Å². The number of ether oxygens (including phenoxy) is 2. The number of hydrogen-bond acceptors (Lipinski definition) is 4. The molecular formula is C29H54O4. The standard InChI is InChI=1S/C29H54O4/c1-10-28(6,7)32-26(30)24-19-18-23(17-13-16-22(5)15-12-14-21(3)4)20-25(24)27(31)33-29(8,9)11-2/h21-25H,10-20H2,1-9H3. The molecule has 0 radical (unpaired) electrons. The van der Waals surface area contributed by atoms with Gasteiger partial charge in [0.2, 0.25) is 0 Å². The van der Waals surface area contributed by atoms with Crippen molar-refractivity contribution < 1.29 is 19.1 Å². The molecule has 1 rings (SSSR count). The lowest BCUT2D eigenvalue weighted by Gasteiger charge is -2.37. The fraction of sp³-hybridized carbons (Fsp3) is 0.931. The quantitative estimate of drug-likeness (QED) is 0.243. The molecule has 0 saturated heterocycles. The van der Waals surface area contributed by atoms with Crippen molar-refractivity contribution in [2.24, 2.45) is 29.6 Å². The number of carbonyl (C=O) groups is 2. The zero-order valence-corrected chi connectivity index (χ0v) is 23.3. The molecule has 0 aromatic heterocycles. The van der Waals surface area contributed by atoms with Gasteiger partial charge < -0.3 is 9.47 Å². The molecule has 1 fully saturated rings. The number of esters is 2. The first-order chi connectivity index (χ1) is 15.3. The molecule has 0 aromatic carbocycles. The maximum atomic E-state index is 13.2. The molecule has 1 aliphatic rings. The summed E-state index contributed by atoms with van der Waals surface area (Å²) in [4.78, 5) is 26.2. The van der Waals surface area contributed by atoms with Gasteiger partial charge in [0.05, 0.1) is 11.8 Å². The highest BCUT2D eigenvalue weighted by molar-refractivity contribution is 5.82. The molecule has 4 atom stereocenters. The van der Waals surface area contributed by atoms with E-state index in [9.17, 15) is 9.59 Å². The Morgan fingerprint density at radius 3 is 1.82 bits per heavy atom. The normalized spacial score (nSPS) is 22.8. The van der Waals surface area contributed by atoms with Gasteiger partial charge in [-0.1, -0.05) is 73.1 Å². The van der Waals surface area contributed by atoms with Gasteiger partial charge in [-0.05, 0) is 77.6 Å². The summed E-state index contributed by atoms with van der Waals surface area (Å²) in [5.74, 6) is 0.813. The van der Waals surface area contributed by atoms with Crippen molar-refractivity contribution in [3.05, 3.63) is 0 Å². The summed E-state index contributed by atoms with van der Waals surface area (Å²) in [7, 11) is 0. The van der Waals surface area contributed by atoms with Crippen molar-refractivity contribution >= 4 is 11.9 Å². The predicted octanol–water partition coefficient (Wildman–Crippen LogP) is 8.12. The van der Waals surface area contributed by atoms with Crippen LogP contribution >= 0.6 is 0 Å². The monoisotopic (exact) mass is 466 g/mol. The van der Waals surface area contributed by atoms with Gasteiger partial charge in [0.15, 0.2) is 0 Å². The fourth-order valence-electron chi connectivity index (χ4n) is 4.68. The highest BCUT2D eigenvalue weighted by atomic mass is 16.6. The van der Waals surface area contributed by atoms with Crippen LogP contribution in [0.15, 0.2) is 0 Å². The van der Waals surface area contributed by atoms with E-state index < -0.39 is 17.1 Å². The van der Waals surface area contributed by atoms with E-state index in [0.717, 1.165) is 50.4 Å². The van der Waals surface area contributed by atoms with Crippen molar-refractivity contribution in [2.45, 2.75) is 144 Å². The van der Waals surface area contributed by atoms with Crippen LogP contribution in [-0.2, 0) is 19.1 Å². The van der Waals surface area contributed by atoms with Gasteiger partial charge in [-0.15, -0.1) is 0 Å². The Labute approximate surface area is 205 Å². The van der Waals surface area contributed by atoms with E-state index in [0.29, 0.717) is 5.92 Å². The first-order valence-corrected chi connectivity index (χ1v) is 13.8. The van der Waals surface area contributed by atoms with Crippen LogP contribution in [0.4, 0.5) is 0 Å². The number of carbonyl (C=O) groups excluding carboxylic acids is 2. The van der Waals surface area contributed by atoms with Gasteiger partial charge in [0, 0.05) is 0 Å². The van der Waals surface area contributed by atoms with Gasteiger partial charge in [-0.3, -0.25) is 9.59 Å². The molecule has 0 spiro atoms. The third kappa shape index (κ3) is 11.3. The van der Waals surface area contributed by atoms with Gasteiger partial charge in [-0.25, -0.2) is 0 Å². The molecule has 0 aromatic rings. The Kier molecular flexibility index (Phi) is 12.5. The Hall–Kier alpha value is -1.06. The van der Waals surface area contributed by atoms with E-state index in [1.54, 1.807) is 0 Å². The lowest BCUT2D eigenvalue weighted by molar-refractivity contribution is -0.178. The third-order valence-electron chi connectivity index (χ3n) is 7.81. The second-order valence-corrected chi connectivity index (χ2v) is 12.3.